The van der Waals surface area contributed by atoms with Gasteiger partial charge >= 0.3 is 0 Å². The van der Waals surface area contributed by atoms with Crippen LogP contribution in [0.15, 0.2) is 12.2 Å². The first-order valence-electron chi connectivity index (χ1n) is 6.33. The van der Waals surface area contributed by atoms with E-state index in [1.165, 1.54) is 19.3 Å². The van der Waals surface area contributed by atoms with E-state index in [1.807, 2.05) is 0 Å². The van der Waals surface area contributed by atoms with Gasteiger partial charge in [-0.05, 0) is 42.9 Å². The van der Waals surface area contributed by atoms with Gasteiger partial charge in [0.25, 0.3) is 0 Å². The molecule has 86 valence electrons. The standard InChI is InChI=1S/C14H24O/c1-13(2,3)11-7-9-14(15,10-8-11)12-5-4-6-12/h7,9,11-12,15H,4-6,8,10H2,1-3H3. The minimum atomic E-state index is -0.458. The summed E-state index contributed by atoms with van der Waals surface area (Å²) in [5, 5.41) is 10.5. The summed E-state index contributed by atoms with van der Waals surface area (Å²) in [6, 6.07) is 0. The molecule has 0 aromatic carbocycles. The highest BCUT2D eigenvalue weighted by atomic mass is 16.3. The third kappa shape index (κ3) is 2.13. The van der Waals surface area contributed by atoms with Crippen molar-refractivity contribution < 1.29 is 5.11 Å². The molecule has 0 saturated heterocycles. The highest BCUT2D eigenvalue weighted by Gasteiger charge is 2.41. The van der Waals surface area contributed by atoms with Gasteiger partial charge in [-0.2, -0.15) is 0 Å². The SMILES string of the molecule is CC(C)(C)C1C=CC(O)(C2CCC2)CC1. The third-order valence-electron chi connectivity index (χ3n) is 4.40. The van der Waals surface area contributed by atoms with E-state index < -0.39 is 5.60 Å². The van der Waals surface area contributed by atoms with E-state index in [2.05, 4.69) is 32.9 Å². The minimum absolute atomic E-state index is 0.345. The van der Waals surface area contributed by atoms with E-state index in [9.17, 15) is 5.11 Å². The smallest absolute Gasteiger partial charge is 0.0856 e. The van der Waals surface area contributed by atoms with Gasteiger partial charge in [0.1, 0.15) is 0 Å². The lowest BCUT2D eigenvalue weighted by atomic mass is 9.65. The Morgan fingerprint density at radius 3 is 2.20 bits per heavy atom. The Kier molecular flexibility index (Phi) is 2.70. The molecule has 0 amide bonds. The van der Waals surface area contributed by atoms with Gasteiger partial charge in [-0.15, -0.1) is 0 Å². The summed E-state index contributed by atoms with van der Waals surface area (Å²) in [6.45, 7) is 6.86. The van der Waals surface area contributed by atoms with Gasteiger partial charge in [0.2, 0.25) is 0 Å². The van der Waals surface area contributed by atoms with Crippen molar-refractivity contribution in [2.45, 2.75) is 58.5 Å². The quantitative estimate of drug-likeness (QED) is 0.654. The molecule has 1 N–H and O–H groups in total. The molecule has 1 heteroatoms. The van der Waals surface area contributed by atoms with Gasteiger partial charge in [0.05, 0.1) is 5.60 Å². The van der Waals surface area contributed by atoms with Crippen LogP contribution < -0.4 is 0 Å². The van der Waals surface area contributed by atoms with Crippen molar-refractivity contribution >= 4 is 0 Å². The van der Waals surface area contributed by atoms with Crippen LogP contribution in [0.2, 0.25) is 0 Å². The van der Waals surface area contributed by atoms with Crippen molar-refractivity contribution in [3.63, 3.8) is 0 Å². The number of hydrogen-bond acceptors (Lipinski definition) is 1. The molecular formula is C14H24O. The Morgan fingerprint density at radius 2 is 1.87 bits per heavy atom. The Morgan fingerprint density at radius 1 is 1.20 bits per heavy atom. The monoisotopic (exact) mass is 208 g/mol. The van der Waals surface area contributed by atoms with E-state index in [0.29, 0.717) is 17.3 Å². The first-order chi connectivity index (χ1) is 6.92. The molecule has 2 rings (SSSR count). The molecule has 0 radical (unpaired) electrons. The highest BCUT2D eigenvalue weighted by molar-refractivity contribution is 5.13. The molecule has 2 atom stereocenters. The summed E-state index contributed by atoms with van der Waals surface area (Å²) in [5.74, 6) is 1.19. The molecule has 0 bridgehead atoms. The lowest BCUT2D eigenvalue weighted by Gasteiger charge is -2.44. The van der Waals surface area contributed by atoms with Crippen molar-refractivity contribution in [2.24, 2.45) is 17.3 Å². The van der Waals surface area contributed by atoms with Crippen LogP contribution in [-0.4, -0.2) is 10.7 Å². The molecular weight excluding hydrogens is 184 g/mol. The molecule has 0 aliphatic heterocycles. The summed E-state index contributed by atoms with van der Waals surface area (Å²) in [5.41, 5.74) is -0.114. The fourth-order valence-corrected chi connectivity index (χ4v) is 2.82. The molecule has 1 fully saturated rings. The van der Waals surface area contributed by atoms with Crippen LogP contribution in [0.5, 0.6) is 0 Å². The Labute approximate surface area is 93.6 Å². The average molecular weight is 208 g/mol. The maximum absolute atomic E-state index is 10.5. The van der Waals surface area contributed by atoms with Crippen molar-refractivity contribution in [3.05, 3.63) is 12.2 Å². The number of allylic oxidation sites excluding steroid dienone is 1. The third-order valence-corrected chi connectivity index (χ3v) is 4.40. The lowest BCUT2D eigenvalue weighted by Crippen LogP contribution is -2.43. The van der Waals surface area contributed by atoms with E-state index in [0.717, 1.165) is 12.8 Å². The normalized spacial score (nSPS) is 37.7. The second-order valence-corrected chi connectivity index (χ2v) is 6.49. The minimum Gasteiger partial charge on any atom is -0.386 e. The first-order valence-corrected chi connectivity index (χ1v) is 6.33. The van der Waals surface area contributed by atoms with Crippen LogP contribution in [0.3, 0.4) is 0 Å². The summed E-state index contributed by atoms with van der Waals surface area (Å²) in [4.78, 5) is 0. The molecule has 1 saturated carbocycles. The largest absolute Gasteiger partial charge is 0.386 e. The summed E-state index contributed by atoms with van der Waals surface area (Å²) < 4.78 is 0. The number of aliphatic hydroxyl groups is 1. The molecule has 1 nitrogen and oxygen atoms in total. The van der Waals surface area contributed by atoms with Crippen molar-refractivity contribution in [3.8, 4) is 0 Å². The topological polar surface area (TPSA) is 20.2 Å². The number of hydrogen-bond donors (Lipinski definition) is 1. The Hall–Kier alpha value is -0.300. The van der Waals surface area contributed by atoms with Crippen LogP contribution in [0.4, 0.5) is 0 Å². The predicted molar refractivity (Wildman–Crippen MR) is 63.6 cm³/mol. The maximum Gasteiger partial charge on any atom is 0.0856 e. The van der Waals surface area contributed by atoms with Crippen molar-refractivity contribution in [2.75, 3.05) is 0 Å². The Balaban J connectivity index is 2.04. The van der Waals surface area contributed by atoms with Crippen LogP contribution in [0.25, 0.3) is 0 Å². The fraction of sp³-hybridized carbons (Fsp3) is 0.857. The predicted octanol–water partition coefficient (Wildman–Crippen LogP) is 3.53. The van der Waals surface area contributed by atoms with E-state index in [1.54, 1.807) is 0 Å². The van der Waals surface area contributed by atoms with Gasteiger partial charge in [-0.25, -0.2) is 0 Å². The first kappa shape index (κ1) is 11.2. The van der Waals surface area contributed by atoms with Gasteiger partial charge in [0, 0.05) is 0 Å². The van der Waals surface area contributed by atoms with Crippen molar-refractivity contribution in [1.29, 1.82) is 0 Å². The highest BCUT2D eigenvalue weighted by Crippen LogP contribution is 2.45. The van der Waals surface area contributed by atoms with Crippen molar-refractivity contribution in [1.82, 2.24) is 0 Å². The van der Waals surface area contributed by atoms with Gasteiger partial charge < -0.3 is 5.11 Å². The van der Waals surface area contributed by atoms with Crippen LogP contribution in [0.1, 0.15) is 52.9 Å². The molecule has 2 aliphatic rings. The fourth-order valence-electron chi connectivity index (χ4n) is 2.82. The number of rotatable bonds is 1. The molecule has 0 spiro atoms. The second-order valence-electron chi connectivity index (χ2n) is 6.49. The van der Waals surface area contributed by atoms with E-state index in [4.69, 9.17) is 0 Å². The van der Waals surface area contributed by atoms with Gasteiger partial charge in [-0.3, -0.25) is 0 Å². The van der Waals surface area contributed by atoms with Crippen LogP contribution >= 0.6 is 0 Å². The zero-order chi connectivity index (χ0) is 11.1. The summed E-state index contributed by atoms with van der Waals surface area (Å²) in [6.07, 6.45) is 10.2. The zero-order valence-corrected chi connectivity index (χ0v) is 10.3. The lowest BCUT2D eigenvalue weighted by molar-refractivity contribution is -0.0277. The molecule has 2 unspecified atom stereocenters. The van der Waals surface area contributed by atoms with E-state index >= 15 is 0 Å². The maximum atomic E-state index is 10.5. The van der Waals surface area contributed by atoms with Crippen LogP contribution in [-0.2, 0) is 0 Å². The second kappa shape index (κ2) is 3.62. The average Bonchev–Trinajstić information content (AvgIpc) is 1.98. The summed E-state index contributed by atoms with van der Waals surface area (Å²) in [7, 11) is 0. The van der Waals surface area contributed by atoms with Gasteiger partial charge in [0.15, 0.2) is 0 Å². The molecule has 0 aromatic rings. The molecule has 0 aromatic heterocycles. The van der Waals surface area contributed by atoms with Crippen LogP contribution in [0, 0.1) is 17.3 Å². The van der Waals surface area contributed by atoms with E-state index in [-0.39, 0.29) is 0 Å². The zero-order valence-electron chi connectivity index (χ0n) is 10.3. The molecule has 0 heterocycles. The Bertz CT molecular complexity index is 257. The molecule has 2 aliphatic carbocycles. The molecule has 15 heavy (non-hydrogen) atoms. The summed E-state index contributed by atoms with van der Waals surface area (Å²) >= 11 is 0. The van der Waals surface area contributed by atoms with Gasteiger partial charge in [-0.1, -0.05) is 39.3 Å².